The molecule has 0 amide bonds. The maximum absolute atomic E-state index is 12.3. The summed E-state index contributed by atoms with van der Waals surface area (Å²) in [5.41, 5.74) is -0.465. The van der Waals surface area contributed by atoms with E-state index in [1.807, 2.05) is 0 Å². The summed E-state index contributed by atoms with van der Waals surface area (Å²) in [6.45, 7) is 3.81. The SMILES string of the molecule is C=CCn1c(=O)c(C(=O)OC)c(O)c2cc(Br)ccc21. The van der Waals surface area contributed by atoms with E-state index in [4.69, 9.17) is 0 Å². The fraction of sp³-hybridized carbons (Fsp3) is 0.143. The van der Waals surface area contributed by atoms with Gasteiger partial charge in [0.15, 0.2) is 5.56 Å². The number of esters is 1. The fourth-order valence-electron chi connectivity index (χ4n) is 2.01. The normalized spacial score (nSPS) is 10.5. The third kappa shape index (κ3) is 2.22. The van der Waals surface area contributed by atoms with Gasteiger partial charge in [0.25, 0.3) is 5.56 Å². The van der Waals surface area contributed by atoms with Crippen LogP contribution in [0.3, 0.4) is 0 Å². The lowest BCUT2D eigenvalue weighted by Gasteiger charge is -2.13. The molecule has 0 atom stereocenters. The Labute approximate surface area is 123 Å². The van der Waals surface area contributed by atoms with Gasteiger partial charge in [-0.3, -0.25) is 4.79 Å². The van der Waals surface area contributed by atoms with Crippen molar-refractivity contribution in [2.75, 3.05) is 7.11 Å². The first-order valence-electron chi connectivity index (χ1n) is 5.75. The standard InChI is InChI=1S/C14H12BrNO4/c1-3-6-16-10-5-4-8(15)7-9(10)12(17)11(13(16)18)14(19)20-2/h3-5,7,17H,1,6H2,2H3. The first-order valence-corrected chi connectivity index (χ1v) is 6.54. The third-order valence-electron chi connectivity index (χ3n) is 2.90. The minimum absolute atomic E-state index is 0.223. The number of carbonyl (C=O) groups is 1. The van der Waals surface area contributed by atoms with Gasteiger partial charge in [-0.1, -0.05) is 22.0 Å². The van der Waals surface area contributed by atoms with E-state index in [2.05, 4.69) is 27.2 Å². The highest BCUT2D eigenvalue weighted by Gasteiger charge is 2.22. The van der Waals surface area contributed by atoms with E-state index in [0.717, 1.165) is 11.6 Å². The molecule has 0 aliphatic rings. The predicted octanol–water partition coefficient (Wildman–Crippen LogP) is 2.44. The van der Waals surface area contributed by atoms with Crippen LogP contribution in [0.4, 0.5) is 0 Å². The Morgan fingerprint density at radius 2 is 2.25 bits per heavy atom. The van der Waals surface area contributed by atoms with E-state index in [0.29, 0.717) is 10.9 Å². The molecule has 0 spiro atoms. The Morgan fingerprint density at radius 3 is 2.85 bits per heavy atom. The molecule has 1 heterocycles. The van der Waals surface area contributed by atoms with Gasteiger partial charge in [0.1, 0.15) is 5.75 Å². The Bertz CT molecular complexity index is 764. The maximum atomic E-state index is 12.3. The van der Waals surface area contributed by atoms with Crippen molar-refractivity contribution in [1.82, 2.24) is 4.57 Å². The summed E-state index contributed by atoms with van der Waals surface area (Å²) >= 11 is 3.29. The van der Waals surface area contributed by atoms with Gasteiger partial charge in [-0.2, -0.15) is 0 Å². The number of halogens is 1. The first kappa shape index (κ1) is 14.3. The summed E-state index contributed by atoms with van der Waals surface area (Å²) in [4.78, 5) is 24.0. The second-order valence-corrected chi connectivity index (χ2v) is 5.00. The van der Waals surface area contributed by atoms with Crippen LogP contribution in [0.15, 0.2) is 40.1 Å². The molecule has 0 fully saturated rings. The van der Waals surface area contributed by atoms with Crippen LogP contribution < -0.4 is 5.56 Å². The number of aromatic nitrogens is 1. The Kier molecular flexibility index (Phi) is 3.94. The zero-order valence-corrected chi connectivity index (χ0v) is 12.3. The lowest BCUT2D eigenvalue weighted by molar-refractivity contribution is 0.0595. The summed E-state index contributed by atoms with van der Waals surface area (Å²) in [5, 5.41) is 10.6. The number of hydrogen-bond acceptors (Lipinski definition) is 4. The molecule has 2 aromatic rings. The van der Waals surface area contributed by atoms with Crippen molar-refractivity contribution in [3.05, 3.63) is 51.2 Å². The first-order chi connectivity index (χ1) is 9.51. The Hall–Kier alpha value is -2.08. The Balaban J connectivity index is 2.98. The molecule has 0 unspecified atom stereocenters. The lowest BCUT2D eigenvalue weighted by Crippen LogP contribution is -2.27. The number of fused-ring (bicyclic) bond motifs is 1. The summed E-state index contributed by atoms with van der Waals surface area (Å²) in [6.07, 6.45) is 1.54. The van der Waals surface area contributed by atoms with Gasteiger partial charge >= 0.3 is 5.97 Å². The smallest absolute Gasteiger partial charge is 0.347 e. The zero-order valence-electron chi connectivity index (χ0n) is 10.7. The van der Waals surface area contributed by atoms with Crippen molar-refractivity contribution in [2.24, 2.45) is 0 Å². The van der Waals surface area contributed by atoms with Crippen LogP contribution in [0.25, 0.3) is 10.9 Å². The highest BCUT2D eigenvalue weighted by Crippen LogP contribution is 2.29. The van der Waals surface area contributed by atoms with Crippen molar-refractivity contribution < 1.29 is 14.6 Å². The third-order valence-corrected chi connectivity index (χ3v) is 3.39. The molecular weight excluding hydrogens is 326 g/mol. The average molecular weight is 338 g/mol. The zero-order chi connectivity index (χ0) is 14.9. The monoisotopic (exact) mass is 337 g/mol. The molecule has 6 heteroatoms. The number of pyridine rings is 1. The minimum atomic E-state index is -0.868. The predicted molar refractivity (Wildman–Crippen MR) is 79.1 cm³/mol. The van der Waals surface area contributed by atoms with Crippen LogP contribution in [0.1, 0.15) is 10.4 Å². The molecule has 0 saturated carbocycles. The topological polar surface area (TPSA) is 68.5 Å². The number of rotatable bonds is 3. The summed E-state index contributed by atoms with van der Waals surface area (Å²) in [7, 11) is 1.16. The van der Waals surface area contributed by atoms with Crippen molar-refractivity contribution in [1.29, 1.82) is 0 Å². The number of hydrogen-bond donors (Lipinski definition) is 1. The van der Waals surface area contributed by atoms with E-state index in [1.165, 1.54) is 4.57 Å². The van der Waals surface area contributed by atoms with Gasteiger partial charge in [0, 0.05) is 16.4 Å². The van der Waals surface area contributed by atoms with Gasteiger partial charge in [0.05, 0.1) is 12.6 Å². The average Bonchev–Trinajstić information content (AvgIpc) is 2.43. The van der Waals surface area contributed by atoms with Crippen molar-refractivity contribution in [3.63, 3.8) is 0 Å². The fourth-order valence-corrected chi connectivity index (χ4v) is 2.37. The molecule has 0 radical (unpaired) electrons. The quantitative estimate of drug-likeness (QED) is 0.689. The van der Waals surface area contributed by atoms with Gasteiger partial charge in [-0.15, -0.1) is 6.58 Å². The molecule has 0 saturated heterocycles. The summed E-state index contributed by atoms with van der Waals surface area (Å²) in [5.74, 6) is -1.24. The largest absolute Gasteiger partial charge is 0.506 e. The minimum Gasteiger partial charge on any atom is -0.506 e. The van der Waals surface area contributed by atoms with Gasteiger partial charge in [0.2, 0.25) is 0 Å². The molecule has 1 N–H and O–H groups in total. The van der Waals surface area contributed by atoms with Crippen molar-refractivity contribution >= 4 is 32.8 Å². The highest BCUT2D eigenvalue weighted by atomic mass is 79.9. The van der Waals surface area contributed by atoms with Crippen LogP contribution in [0.5, 0.6) is 5.75 Å². The van der Waals surface area contributed by atoms with Crippen LogP contribution in [-0.4, -0.2) is 22.8 Å². The number of methoxy groups -OCH3 is 1. The van der Waals surface area contributed by atoms with Gasteiger partial charge < -0.3 is 14.4 Å². The summed E-state index contributed by atoms with van der Waals surface area (Å²) in [6, 6.07) is 5.07. The Morgan fingerprint density at radius 1 is 1.55 bits per heavy atom. The van der Waals surface area contributed by atoms with Crippen LogP contribution in [0.2, 0.25) is 0 Å². The highest BCUT2D eigenvalue weighted by molar-refractivity contribution is 9.10. The number of ether oxygens (including phenoxy) is 1. The van der Waals surface area contributed by atoms with E-state index < -0.39 is 11.5 Å². The van der Waals surface area contributed by atoms with Crippen LogP contribution >= 0.6 is 15.9 Å². The second kappa shape index (κ2) is 5.50. The van der Waals surface area contributed by atoms with Crippen molar-refractivity contribution in [3.8, 4) is 5.75 Å². The second-order valence-electron chi connectivity index (χ2n) is 4.08. The molecule has 2 rings (SSSR count). The van der Waals surface area contributed by atoms with E-state index in [1.54, 1.807) is 24.3 Å². The molecule has 1 aromatic heterocycles. The molecular formula is C14H12BrNO4. The van der Waals surface area contributed by atoms with Gasteiger partial charge in [-0.05, 0) is 18.2 Å². The molecule has 0 aliphatic carbocycles. The molecule has 20 heavy (non-hydrogen) atoms. The number of nitrogens with zero attached hydrogens (tertiary/aromatic N) is 1. The van der Waals surface area contributed by atoms with Crippen LogP contribution in [0, 0.1) is 0 Å². The number of benzene rings is 1. The van der Waals surface area contributed by atoms with Gasteiger partial charge in [-0.25, -0.2) is 4.79 Å². The van der Waals surface area contributed by atoms with Crippen LogP contribution in [-0.2, 0) is 11.3 Å². The maximum Gasteiger partial charge on any atom is 0.347 e. The molecule has 0 aliphatic heterocycles. The molecule has 0 bridgehead atoms. The lowest BCUT2D eigenvalue weighted by atomic mass is 10.1. The van der Waals surface area contributed by atoms with E-state index in [-0.39, 0.29) is 17.9 Å². The molecule has 104 valence electrons. The van der Waals surface area contributed by atoms with E-state index >= 15 is 0 Å². The molecule has 1 aromatic carbocycles. The number of carbonyl (C=O) groups excluding carboxylic acids is 1. The number of aromatic hydroxyl groups is 1. The molecule has 5 nitrogen and oxygen atoms in total. The van der Waals surface area contributed by atoms with Crippen molar-refractivity contribution in [2.45, 2.75) is 6.54 Å². The number of allylic oxidation sites excluding steroid dienone is 1. The summed E-state index contributed by atoms with van der Waals surface area (Å²) < 4.78 is 6.64. The van der Waals surface area contributed by atoms with E-state index in [9.17, 15) is 14.7 Å².